The Morgan fingerprint density at radius 1 is 0.532 bits per heavy atom. The molecule has 0 aliphatic carbocycles. The number of hydrogen-bond donors (Lipinski definition) is 0. The van der Waals surface area contributed by atoms with E-state index in [0.717, 1.165) is 27.8 Å². The fourth-order valence-corrected chi connectivity index (χ4v) is 6.12. The van der Waals surface area contributed by atoms with Crippen LogP contribution in [-0.4, -0.2) is 19.5 Å². The van der Waals surface area contributed by atoms with E-state index in [1.54, 1.807) is 0 Å². The van der Waals surface area contributed by atoms with Gasteiger partial charge in [-0.15, -0.1) is 0 Å². The van der Waals surface area contributed by atoms with Gasteiger partial charge in [-0.2, -0.15) is 5.26 Å². The van der Waals surface area contributed by atoms with Crippen LogP contribution >= 0.6 is 0 Å². The minimum atomic E-state index is 0.0114. The van der Waals surface area contributed by atoms with Gasteiger partial charge >= 0.3 is 0 Å². The minimum absolute atomic E-state index is 0.0114. The lowest BCUT2D eigenvalue weighted by Crippen LogP contribution is -2.10. The van der Waals surface area contributed by atoms with Gasteiger partial charge in [0, 0.05) is 33.2 Å². The molecule has 0 spiro atoms. The van der Waals surface area contributed by atoms with Gasteiger partial charge in [0.25, 0.3) is 0 Å². The van der Waals surface area contributed by atoms with Crippen molar-refractivity contribution < 1.29 is 0 Å². The molecule has 0 radical (unpaired) electrons. The van der Waals surface area contributed by atoms with E-state index in [1.165, 1.54) is 21.9 Å². The van der Waals surface area contributed by atoms with Crippen molar-refractivity contribution in [2.75, 3.05) is 0 Å². The van der Waals surface area contributed by atoms with Crippen LogP contribution in [0.1, 0.15) is 58.2 Å². The molecule has 5 heteroatoms. The summed E-state index contributed by atoms with van der Waals surface area (Å²) < 4.78 is 2.30. The first-order valence-electron chi connectivity index (χ1n) is 16.0. The molecule has 0 aliphatic rings. The number of nitrogens with zero attached hydrogens (tertiary/aromatic N) is 5. The van der Waals surface area contributed by atoms with Crippen LogP contribution in [0.2, 0.25) is 0 Å². The van der Waals surface area contributed by atoms with E-state index in [2.05, 4.69) is 88.6 Å². The van der Waals surface area contributed by atoms with Crippen LogP contribution in [-0.2, 0) is 10.8 Å². The predicted octanol–water partition coefficient (Wildman–Crippen LogP) is 10.4. The molecule has 5 nitrogen and oxygen atoms in total. The summed E-state index contributed by atoms with van der Waals surface area (Å²) in [5.74, 6) is 1.58. The quantitative estimate of drug-likeness (QED) is 0.199. The van der Waals surface area contributed by atoms with Gasteiger partial charge in [0.1, 0.15) is 0 Å². The van der Waals surface area contributed by atoms with Crippen molar-refractivity contribution in [3.8, 4) is 45.9 Å². The second kappa shape index (κ2) is 11.3. The van der Waals surface area contributed by atoms with Crippen molar-refractivity contribution in [3.05, 3.63) is 132 Å². The van der Waals surface area contributed by atoms with Gasteiger partial charge in [0.15, 0.2) is 17.5 Å². The third-order valence-corrected chi connectivity index (χ3v) is 8.82. The van der Waals surface area contributed by atoms with Gasteiger partial charge in [0.2, 0.25) is 0 Å². The van der Waals surface area contributed by atoms with Crippen LogP contribution < -0.4 is 0 Å². The molecule has 2 aromatic heterocycles. The van der Waals surface area contributed by atoms with Crippen molar-refractivity contribution >= 4 is 21.8 Å². The lowest BCUT2D eigenvalue weighted by molar-refractivity contribution is 0.590. The minimum Gasteiger partial charge on any atom is -0.309 e. The molecule has 0 saturated heterocycles. The average molecular weight is 612 g/mol. The van der Waals surface area contributed by atoms with Gasteiger partial charge in [-0.3, -0.25) is 0 Å². The molecule has 230 valence electrons. The fraction of sp³-hybridized carbons (Fsp3) is 0.190. The zero-order valence-electron chi connectivity index (χ0n) is 27.7. The number of aromatic nitrogens is 4. The van der Waals surface area contributed by atoms with E-state index in [9.17, 15) is 5.26 Å². The second-order valence-electron chi connectivity index (χ2n) is 14.2. The Kier molecular flexibility index (Phi) is 7.25. The normalized spacial score (nSPS) is 12.0. The summed E-state index contributed by atoms with van der Waals surface area (Å²) in [6.07, 6.45) is 0. The standard InChI is InChI=1S/C42H37N5/c1-41(2,3)30-18-21-36-34(23-30)35-24-31(42(4,5)6)19-22-37(35)47(36)32-20-17-29(26-43)33(25-32)40-45-38(27-13-9-7-10-14-27)44-39(46-40)28-15-11-8-12-16-28/h7-25H,1-6H3. The Bertz CT molecular complexity index is 2180. The summed E-state index contributed by atoms with van der Waals surface area (Å²) in [5.41, 5.74) is 8.70. The first-order chi connectivity index (χ1) is 22.5. The number of rotatable bonds is 4. The Hall–Kier alpha value is -5.60. The zero-order valence-corrected chi connectivity index (χ0v) is 27.7. The predicted molar refractivity (Wildman–Crippen MR) is 193 cm³/mol. The molecule has 0 amide bonds. The summed E-state index contributed by atoms with van der Waals surface area (Å²) >= 11 is 0. The molecule has 0 fully saturated rings. The molecule has 0 N–H and O–H groups in total. The van der Waals surface area contributed by atoms with Crippen molar-refractivity contribution in [2.24, 2.45) is 0 Å². The van der Waals surface area contributed by atoms with Gasteiger partial charge in [-0.1, -0.05) is 114 Å². The molecule has 0 bridgehead atoms. The highest BCUT2D eigenvalue weighted by Gasteiger charge is 2.22. The van der Waals surface area contributed by atoms with Crippen LogP contribution in [0.4, 0.5) is 0 Å². The summed E-state index contributed by atoms with van der Waals surface area (Å²) in [6.45, 7) is 13.5. The van der Waals surface area contributed by atoms with Crippen LogP contribution in [0.5, 0.6) is 0 Å². The molecule has 5 aromatic carbocycles. The van der Waals surface area contributed by atoms with E-state index in [1.807, 2.05) is 78.9 Å². The van der Waals surface area contributed by atoms with E-state index < -0.39 is 0 Å². The Balaban J connectivity index is 1.49. The maximum absolute atomic E-state index is 10.3. The summed E-state index contributed by atoms with van der Waals surface area (Å²) in [6, 6.07) is 41.8. The van der Waals surface area contributed by atoms with E-state index in [4.69, 9.17) is 15.0 Å². The van der Waals surface area contributed by atoms with Crippen molar-refractivity contribution in [1.29, 1.82) is 5.26 Å². The number of nitriles is 1. The van der Waals surface area contributed by atoms with Crippen LogP contribution in [0.15, 0.2) is 115 Å². The topological polar surface area (TPSA) is 67.4 Å². The molecule has 0 unspecified atom stereocenters. The molecule has 7 rings (SSSR count). The number of fused-ring (bicyclic) bond motifs is 3. The highest BCUT2D eigenvalue weighted by molar-refractivity contribution is 6.10. The highest BCUT2D eigenvalue weighted by atomic mass is 15.0. The zero-order chi connectivity index (χ0) is 32.9. The molecule has 0 aliphatic heterocycles. The lowest BCUT2D eigenvalue weighted by atomic mass is 9.85. The van der Waals surface area contributed by atoms with Crippen molar-refractivity contribution in [3.63, 3.8) is 0 Å². The van der Waals surface area contributed by atoms with Crippen LogP contribution in [0, 0.1) is 11.3 Å². The van der Waals surface area contributed by atoms with Crippen LogP contribution in [0.25, 0.3) is 61.7 Å². The SMILES string of the molecule is CC(C)(C)c1ccc2c(c1)c1cc(C(C)(C)C)ccc1n2-c1ccc(C#N)c(-c2nc(-c3ccccc3)nc(-c3ccccc3)n2)c1. The first-order valence-corrected chi connectivity index (χ1v) is 16.0. The largest absolute Gasteiger partial charge is 0.309 e. The second-order valence-corrected chi connectivity index (χ2v) is 14.2. The lowest BCUT2D eigenvalue weighted by Gasteiger charge is -2.19. The van der Waals surface area contributed by atoms with Gasteiger partial charge in [-0.25, -0.2) is 15.0 Å². The van der Waals surface area contributed by atoms with E-state index in [0.29, 0.717) is 28.6 Å². The van der Waals surface area contributed by atoms with Gasteiger partial charge in [-0.05, 0) is 64.4 Å². The first kappa shape index (κ1) is 30.1. The fourth-order valence-electron chi connectivity index (χ4n) is 6.12. The monoisotopic (exact) mass is 611 g/mol. The van der Waals surface area contributed by atoms with Gasteiger partial charge < -0.3 is 4.57 Å². The molecule has 2 heterocycles. The van der Waals surface area contributed by atoms with Crippen LogP contribution in [0.3, 0.4) is 0 Å². The molecular weight excluding hydrogens is 574 g/mol. The summed E-state index contributed by atoms with van der Waals surface area (Å²) in [5, 5.41) is 12.7. The Labute approximate surface area is 276 Å². The molecule has 0 saturated carbocycles. The van der Waals surface area contributed by atoms with E-state index >= 15 is 0 Å². The molecule has 7 aromatic rings. The van der Waals surface area contributed by atoms with Gasteiger partial charge in [0.05, 0.1) is 22.7 Å². The van der Waals surface area contributed by atoms with Crippen molar-refractivity contribution in [1.82, 2.24) is 19.5 Å². The maximum Gasteiger partial charge on any atom is 0.165 e. The third kappa shape index (κ3) is 5.57. The molecule has 0 atom stereocenters. The average Bonchev–Trinajstić information content (AvgIpc) is 3.41. The number of hydrogen-bond acceptors (Lipinski definition) is 4. The smallest absolute Gasteiger partial charge is 0.165 e. The molecule has 47 heavy (non-hydrogen) atoms. The summed E-state index contributed by atoms with van der Waals surface area (Å²) in [4.78, 5) is 14.8. The Morgan fingerprint density at radius 2 is 1.00 bits per heavy atom. The third-order valence-electron chi connectivity index (χ3n) is 8.82. The number of benzene rings is 5. The van der Waals surface area contributed by atoms with E-state index in [-0.39, 0.29) is 10.8 Å². The highest BCUT2D eigenvalue weighted by Crippen LogP contribution is 2.38. The Morgan fingerprint density at radius 3 is 1.45 bits per heavy atom. The summed E-state index contributed by atoms with van der Waals surface area (Å²) in [7, 11) is 0. The molecular formula is C42H37N5. The van der Waals surface area contributed by atoms with Crippen molar-refractivity contribution in [2.45, 2.75) is 52.4 Å². The maximum atomic E-state index is 10.3.